The van der Waals surface area contributed by atoms with E-state index in [1.165, 1.54) is 25.8 Å². The normalized spacial score (nSPS) is 32.1. The molecular formula is C7H15N3. The lowest BCUT2D eigenvalue weighted by Gasteiger charge is -2.48. The maximum atomic E-state index is 5.64. The average Bonchev–Trinajstić information content (AvgIpc) is 1.86. The van der Waals surface area contributed by atoms with Crippen molar-refractivity contribution in [3.8, 4) is 0 Å². The molecule has 3 N–H and O–H groups in total. The molecule has 1 spiro atoms. The second kappa shape index (κ2) is 2.19. The highest BCUT2D eigenvalue weighted by atomic mass is 15.4. The van der Waals surface area contributed by atoms with Crippen molar-refractivity contribution in [3.63, 3.8) is 0 Å². The van der Waals surface area contributed by atoms with Gasteiger partial charge in [0.05, 0.1) is 0 Å². The van der Waals surface area contributed by atoms with Crippen LogP contribution >= 0.6 is 0 Å². The van der Waals surface area contributed by atoms with Crippen molar-refractivity contribution in [2.75, 3.05) is 19.6 Å². The zero-order valence-electron chi connectivity index (χ0n) is 6.27. The van der Waals surface area contributed by atoms with E-state index in [-0.39, 0.29) is 0 Å². The lowest BCUT2D eigenvalue weighted by Crippen LogP contribution is -2.62. The molecule has 3 heteroatoms. The standard InChI is InChI=1S/C7H15N3/c8-10-5-2-7(3-6-10)1-4-9-7/h9H,1-6,8H2. The van der Waals surface area contributed by atoms with E-state index < -0.39 is 0 Å². The fraction of sp³-hybridized carbons (Fsp3) is 1.00. The summed E-state index contributed by atoms with van der Waals surface area (Å²) < 4.78 is 0. The second-order valence-corrected chi connectivity index (χ2v) is 3.49. The van der Waals surface area contributed by atoms with Gasteiger partial charge in [-0.15, -0.1) is 0 Å². The Hall–Kier alpha value is -0.120. The van der Waals surface area contributed by atoms with Crippen LogP contribution < -0.4 is 11.2 Å². The predicted octanol–water partition coefficient (Wildman–Crippen LogP) is -0.312. The minimum absolute atomic E-state index is 0.510. The van der Waals surface area contributed by atoms with Gasteiger partial charge in [0.25, 0.3) is 0 Å². The van der Waals surface area contributed by atoms with Crippen LogP contribution in [0, 0.1) is 0 Å². The third kappa shape index (κ3) is 0.944. The lowest BCUT2D eigenvalue weighted by molar-refractivity contribution is 0.0855. The van der Waals surface area contributed by atoms with Gasteiger partial charge in [-0.1, -0.05) is 0 Å². The molecule has 2 aliphatic rings. The smallest absolute Gasteiger partial charge is 0.0219 e. The molecule has 2 rings (SSSR count). The number of hydrogen-bond donors (Lipinski definition) is 2. The van der Waals surface area contributed by atoms with Crippen LogP contribution in [0.15, 0.2) is 0 Å². The second-order valence-electron chi connectivity index (χ2n) is 3.49. The van der Waals surface area contributed by atoms with Crippen LogP contribution in [-0.2, 0) is 0 Å². The Labute approximate surface area is 61.5 Å². The molecule has 0 aromatic rings. The van der Waals surface area contributed by atoms with Crippen LogP contribution in [0.4, 0.5) is 0 Å². The van der Waals surface area contributed by atoms with Crippen molar-refractivity contribution >= 4 is 0 Å². The quantitative estimate of drug-likeness (QED) is 0.455. The summed E-state index contributed by atoms with van der Waals surface area (Å²) in [6, 6.07) is 0. The molecule has 0 bridgehead atoms. The molecule has 0 amide bonds. The van der Waals surface area contributed by atoms with Gasteiger partial charge in [0.15, 0.2) is 0 Å². The van der Waals surface area contributed by atoms with Gasteiger partial charge in [0.1, 0.15) is 0 Å². The first-order valence-electron chi connectivity index (χ1n) is 4.05. The van der Waals surface area contributed by atoms with E-state index in [2.05, 4.69) is 5.32 Å². The first-order chi connectivity index (χ1) is 4.81. The maximum Gasteiger partial charge on any atom is 0.0219 e. The van der Waals surface area contributed by atoms with Gasteiger partial charge < -0.3 is 5.32 Å². The zero-order chi connectivity index (χ0) is 7.03. The molecule has 10 heavy (non-hydrogen) atoms. The number of nitrogens with zero attached hydrogens (tertiary/aromatic N) is 1. The monoisotopic (exact) mass is 141 g/mol. The van der Waals surface area contributed by atoms with Gasteiger partial charge in [-0.3, -0.25) is 5.84 Å². The van der Waals surface area contributed by atoms with Gasteiger partial charge in [0, 0.05) is 18.6 Å². The number of piperidine rings is 1. The highest BCUT2D eigenvalue weighted by molar-refractivity contribution is 4.99. The SMILES string of the molecule is NN1CCC2(CCN2)CC1. The Morgan fingerprint density at radius 3 is 2.20 bits per heavy atom. The highest BCUT2D eigenvalue weighted by Gasteiger charge is 2.38. The topological polar surface area (TPSA) is 41.3 Å². The molecule has 0 aromatic heterocycles. The van der Waals surface area contributed by atoms with E-state index in [4.69, 9.17) is 5.84 Å². The molecule has 3 nitrogen and oxygen atoms in total. The molecule has 0 radical (unpaired) electrons. The van der Waals surface area contributed by atoms with Crippen LogP contribution in [0.1, 0.15) is 19.3 Å². The Kier molecular flexibility index (Phi) is 1.44. The van der Waals surface area contributed by atoms with Crippen molar-refractivity contribution in [2.24, 2.45) is 5.84 Å². The third-order valence-electron chi connectivity index (χ3n) is 2.86. The van der Waals surface area contributed by atoms with Crippen molar-refractivity contribution in [2.45, 2.75) is 24.8 Å². The van der Waals surface area contributed by atoms with E-state index in [9.17, 15) is 0 Å². The fourth-order valence-corrected chi connectivity index (χ4v) is 1.86. The summed E-state index contributed by atoms with van der Waals surface area (Å²) >= 11 is 0. The van der Waals surface area contributed by atoms with Crippen molar-refractivity contribution in [1.82, 2.24) is 10.3 Å². The Morgan fingerprint density at radius 1 is 1.20 bits per heavy atom. The summed E-state index contributed by atoms with van der Waals surface area (Å²) in [6.45, 7) is 3.34. The van der Waals surface area contributed by atoms with E-state index in [0.717, 1.165) is 13.1 Å². The molecule has 0 aromatic carbocycles. The number of hydrogen-bond acceptors (Lipinski definition) is 3. The molecule has 0 saturated carbocycles. The van der Waals surface area contributed by atoms with Crippen molar-refractivity contribution < 1.29 is 0 Å². The molecule has 2 fully saturated rings. The molecule has 58 valence electrons. The van der Waals surface area contributed by atoms with E-state index in [1.54, 1.807) is 0 Å². The van der Waals surface area contributed by atoms with E-state index in [1.807, 2.05) is 5.01 Å². The largest absolute Gasteiger partial charge is 0.311 e. The minimum atomic E-state index is 0.510. The average molecular weight is 141 g/mol. The van der Waals surface area contributed by atoms with Gasteiger partial charge in [-0.25, -0.2) is 5.01 Å². The Morgan fingerprint density at radius 2 is 1.80 bits per heavy atom. The maximum absolute atomic E-state index is 5.64. The molecule has 2 aliphatic heterocycles. The van der Waals surface area contributed by atoms with Gasteiger partial charge >= 0.3 is 0 Å². The summed E-state index contributed by atoms with van der Waals surface area (Å²) in [4.78, 5) is 0. The Bertz CT molecular complexity index is 121. The van der Waals surface area contributed by atoms with Gasteiger partial charge in [-0.2, -0.15) is 0 Å². The molecule has 2 saturated heterocycles. The van der Waals surface area contributed by atoms with Crippen LogP contribution in [0.5, 0.6) is 0 Å². The number of rotatable bonds is 0. The van der Waals surface area contributed by atoms with Gasteiger partial charge in [-0.05, 0) is 25.8 Å². The first-order valence-corrected chi connectivity index (χ1v) is 4.05. The zero-order valence-corrected chi connectivity index (χ0v) is 6.27. The Balaban J connectivity index is 1.90. The third-order valence-corrected chi connectivity index (χ3v) is 2.86. The van der Waals surface area contributed by atoms with Crippen LogP contribution in [0.2, 0.25) is 0 Å². The highest BCUT2D eigenvalue weighted by Crippen LogP contribution is 2.29. The van der Waals surface area contributed by atoms with Crippen molar-refractivity contribution in [3.05, 3.63) is 0 Å². The van der Waals surface area contributed by atoms with E-state index >= 15 is 0 Å². The molecule has 0 unspecified atom stereocenters. The molecule has 0 aliphatic carbocycles. The fourth-order valence-electron chi connectivity index (χ4n) is 1.86. The van der Waals surface area contributed by atoms with Crippen molar-refractivity contribution in [1.29, 1.82) is 0 Å². The summed E-state index contributed by atoms with van der Waals surface area (Å²) in [5, 5.41) is 5.42. The molecule has 0 atom stereocenters. The molecular weight excluding hydrogens is 126 g/mol. The van der Waals surface area contributed by atoms with Crippen LogP contribution in [-0.4, -0.2) is 30.2 Å². The predicted molar refractivity (Wildman–Crippen MR) is 40.3 cm³/mol. The van der Waals surface area contributed by atoms with Crippen LogP contribution in [0.3, 0.4) is 0 Å². The number of nitrogens with two attached hydrogens (primary N) is 1. The first kappa shape index (κ1) is 6.58. The molecule has 2 heterocycles. The van der Waals surface area contributed by atoms with Gasteiger partial charge in [0.2, 0.25) is 0 Å². The summed E-state index contributed by atoms with van der Waals surface area (Å²) in [6.07, 6.45) is 3.84. The lowest BCUT2D eigenvalue weighted by atomic mass is 9.79. The summed E-state index contributed by atoms with van der Waals surface area (Å²) in [5.74, 6) is 5.64. The van der Waals surface area contributed by atoms with E-state index in [0.29, 0.717) is 5.54 Å². The van der Waals surface area contributed by atoms with Crippen LogP contribution in [0.25, 0.3) is 0 Å². The minimum Gasteiger partial charge on any atom is -0.311 e. The summed E-state index contributed by atoms with van der Waals surface area (Å²) in [7, 11) is 0. The number of hydrazine groups is 1. The summed E-state index contributed by atoms with van der Waals surface area (Å²) in [5.41, 5.74) is 0.510. The number of nitrogens with one attached hydrogen (secondary N) is 1.